The standard InChI is InChI=1S/C25H35N3O5/c1-2-3-4-5-6-7-8-9-10-16-33-25(32)26-20-13-11-12-18-19(20)17-28(24(18)31)21-14-15-22(29)27-23(21)30/h11-13,21H,2-10,14-17H2,1H3,(H,26,32)(H,27,29,30). The number of nitrogens with one attached hydrogen (secondary N) is 2. The Balaban J connectivity index is 1.42. The molecule has 33 heavy (non-hydrogen) atoms. The van der Waals surface area contributed by atoms with Crippen LogP contribution in [0.25, 0.3) is 0 Å². The van der Waals surface area contributed by atoms with Gasteiger partial charge in [0.25, 0.3) is 5.91 Å². The van der Waals surface area contributed by atoms with Gasteiger partial charge in [0.2, 0.25) is 11.8 Å². The summed E-state index contributed by atoms with van der Waals surface area (Å²) >= 11 is 0. The van der Waals surface area contributed by atoms with Crippen LogP contribution in [-0.4, -0.2) is 41.4 Å². The lowest BCUT2D eigenvalue weighted by atomic mass is 10.0. The molecule has 180 valence electrons. The number of hydrogen-bond acceptors (Lipinski definition) is 5. The second-order valence-corrected chi connectivity index (χ2v) is 8.82. The molecule has 0 bridgehead atoms. The number of nitrogens with zero attached hydrogens (tertiary/aromatic N) is 1. The molecule has 1 aromatic rings. The molecule has 2 heterocycles. The van der Waals surface area contributed by atoms with Crippen LogP contribution < -0.4 is 10.6 Å². The molecule has 8 heteroatoms. The van der Waals surface area contributed by atoms with Gasteiger partial charge >= 0.3 is 6.09 Å². The number of ether oxygens (including phenoxy) is 1. The van der Waals surface area contributed by atoms with Crippen molar-refractivity contribution in [1.82, 2.24) is 10.2 Å². The van der Waals surface area contributed by atoms with Crippen molar-refractivity contribution in [2.45, 2.75) is 90.1 Å². The molecule has 1 fully saturated rings. The van der Waals surface area contributed by atoms with Gasteiger partial charge in [0.1, 0.15) is 6.04 Å². The average molecular weight is 458 g/mol. The minimum atomic E-state index is -0.686. The van der Waals surface area contributed by atoms with E-state index in [0.717, 1.165) is 19.3 Å². The van der Waals surface area contributed by atoms with Crippen molar-refractivity contribution < 1.29 is 23.9 Å². The number of benzene rings is 1. The first-order valence-corrected chi connectivity index (χ1v) is 12.2. The third kappa shape index (κ3) is 6.79. The summed E-state index contributed by atoms with van der Waals surface area (Å²) in [7, 11) is 0. The Kier molecular flexibility index (Phi) is 9.27. The van der Waals surface area contributed by atoms with Gasteiger partial charge in [-0.1, -0.05) is 64.4 Å². The molecule has 0 saturated carbocycles. The molecule has 1 aromatic carbocycles. The van der Waals surface area contributed by atoms with Crippen LogP contribution >= 0.6 is 0 Å². The van der Waals surface area contributed by atoms with Crippen LogP contribution in [0.2, 0.25) is 0 Å². The molecule has 4 amide bonds. The van der Waals surface area contributed by atoms with Crippen molar-refractivity contribution in [3.8, 4) is 0 Å². The Morgan fingerprint density at radius 3 is 2.45 bits per heavy atom. The summed E-state index contributed by atoms with van der Waals surface area (Å²) in [6, 6.07) is 4.41. The van der Waals surface area contributed by atoms with Crippen LogP contribution in [0.4, 0.5) is 10.5 Å². The molecule has 2 aliphatic heterocycles. The van der Waals surface area contributed by atoms with Crippen molar-refractivity contribution in [3.05, 3.63) is 29.3 Å². The summed E-state index contributed by atoms with van der Waals surface area (Å²) in [6.45, 7) is 2.78. The Morgan fingerprint density at radius 2 is 1.76 bits per heavy atom. The summed E-state index contributed by atoms with van der Waals surface area (Å²) in [5, 5.41) is 5.03. The second kappa shape index (κ2) is 12.4. The first-order valence-electron chi connectivity index (χ1n) is 12.2. The number of carbonyl (C=O) groups is 4. The van der Waals surface area contributed by atoms with E-state index in [1.807, 2.05) is 0 Å². The number of anilines is 1. The molecule has 0 aromatic heterocycles. The fraction of sp³-hybridized carbons (Fsp3) is 0.600. The Labute approximate surface area is 195 Å². The maximum Gasteiger partial charge on any atom is 0.411 e. The highest BCUT2D eigenvalue weighted by molar-refractivity contribution is 6.06. The van der Waals surface area contributed by atoms with Crippen LogP contribution in [0.1, 0.15) is 93.5 Å². The third-order valence-corrected chi connectivity index (χ3v) is 6.30. The number of piperidine rings is 1. The van der Waals surface area contributed by atoms with Crippen LogP contribution in [0.15, 0.2) is 18.2 Å². The summed E-state index contributed by atoms with van der Waals surface area (Å²) in [4.78, 5) is 50.2. The lowest BCUT2D eigenvalue weighted by Crippen LogP contribution is -2.52. The van der Waals surface area contributed by atoms with Gasteiger partial charge in [-0.15, -0.1) is 0 Å². The van der Waals surface area contributed by atoms with E-state index >= 15 is 0 Å². The topological polar surface area (TPSA) is 105 Å². The van der Waals surface area contributed by atoms with Crippen LogP contribution in [0, 0.1) is 0 Å². The molecular formula is C25H35N3O5. The SMILES string of the molecule is CCCCCCCCCCCOC(=O)Nc1cccc2c1CN(C1CCC(=O)NC1=O)C2=O. The maximum absolute atomic E-state index is 12.8. The zero-order valence-electron chi connectivity index (χ0n) is 19.5. The zero-order valence-corrected chi connectivity index (χ0v) is 19.5. The number of unbranched alkanes of at least 4 members (excludes halogenated alkanes) is 8. The van der Waals surface area contributed by atoms with Gasteiger partial charge in [-0.3, -0.25) is 25.0 Å². The fourth-order valence-corrected chi connectivity index (χ4v) is 4.43. The molecule has 0 aliphatic carbocycles. The van der Waals surface area contributed by atoms with E-state index < -0.39 is 18.0 Å². The smallest absolute Gasteiger partial charge is 0.411 e. The highest BCUT2D eigenvalue weighted by atomic mass is 16.5. The molecule has 3 rings (SSSR count). The van der Waals surface area contributed by atoms with Crippen molar-refractivity contribution in [2.24, 2.45) is 0 Å². The Bertz CT molecular complexity index is 870. The molecule has 1 unspecified atom stereocenters. The number of hydrogen-bond donors (Lipinski definition) is 2. The van der Waals surface area contributed by atoms with Gasteiger partial charge < -0.3 is 9.64 Å². The molecule has 1 atom stereocenters. The Morgan fingerprint density at radius 1 is 1.06 bits per heavy atom. The lowest BCUT2D eigenvalue weighted by molar-refractivity contribution is -0.136. The number of carbonyl (C=O) groups excluding carboxylic acids is 4. The summed E-state index contributed by atoms with van der Waals surface area (Å²) in [5.74, 6) is -1.05. The maximum atomic E-state index is 12.8. The summed E-state index contributed by atoms with van der Waals surface area (Å²) in [6.07, 6.45) is 10.7. The van der Waals surface area contributed by atoms with Crippen molar-refractivity contribution in [2.75, 3.05) is 11.9 Å². The molecular weight excluding hydrogens is 422 g/mol. The van der Waals surface area contributed by atoms with Gasteiger partial charge in [0, 0.05) is 29.8 Å². The van der Waals surface area contributed by atoms with Crippen molar-refractivity contribution in [1.29, 1.82) is 0 Å². The van der Waals surface area contributed by atoms with E-state index in [4.69, 9.17) is 4.74 Å². The highest BCUT2D eigenvalue weighted by Crippen LogP contribution is 2.32. The number of imide groups is 1. The molecule has 2 N–H and O–H groups in total. The fourth-order valence-electron chi connectivity index (χ4n) is 4.43. The van der Waals surface area contributed by atoms with Gasteiger partial charge in [-0.05, 0) is 25.0 Å². The molecule has 8 nitrogen and oxygen atoms in total. The molecule has 0 radical (unpaired) electrons. The number of rotatable bonds is 12. The number of fused-ring (bicyclic) bond motifs is 1. The zero-order chi connectivity index (χ0) is 23.6. The second-order valence-electron chi connectivity index (χ2n) is 8.82. The molecule has 2 aliphatic rings. The lowest BCUT2D eigenvalue weighted by Gasteiger charge is -2.29. The quantitative estimate of drug-likeness (QED) is 0.354. The van der Waals surface area contributed by atoms with Crippen molar-refractivity contribution in [3.63, 3.8) is 0 Å². The predicted octanol–water partition coefficient (Wildman–Crippen LogP) is 4.53. The monoisotopic (exact) mass is 457 g/mol. The highest BCUT2D eigenvalue weighted by Gasteiger charge is 2.39. The third-order valence-electron chi connectivity index (χ3n) is 6.30. The van der Waals surface area contributed by atoms with E-state index in [0.29, 0.717) is 29.8 Å². The minimum absolute atomic E-state index is 0.201. The largest absolute Gasteiger partial charge is 0.449 e. The van der Waals surface area contributed by atoms with E-state index in [1.165, 1.54) is 43.4 Å². The van der Waals surface area contributed by atoms with Crippen molar-refractivity contribution >= 4 is 29.5 Å². The van der Waals surface area contributed by atoms with Crippen LogP contribution in [0.3, 0.4) is 0 Å². The average Bonchev–Trinajstić information content (AvgIpc) is 3.12. The van der Waals surface area contributed by atoms with Crippen LogP contribution in [0.5, 0.6) is 0 Å². The van der Waals surface area contributed by atoms with Gasteiger partial charge in [0.15, 0.2) is 0 Å². The van der Waals surface area contributed by atoms with Crippen LogP contribution in [-0.2, 0) is 20.9 Å². The van der Waals surface area contributed by atoms with E-state index in [2.05, 4.69) is 17.6 Å². The van der Waals surface area contributed by atoms with Gasteiger partial charge in [-0.25, -0.2) is 4.79 Å². The minimum Gasteiger partial charge on any atom is -0.449 e. The van der Waals surface area contributed by atoms with E-state index in [9.17, 15) is 19.2 Å². The van der Waals surface area contributed by atoms with Gasteiger partial charge in [-0.2, -0.15) is 0 Å². The normalized spacial score (nSPS) is 17.7. The van der Waals surface area contributed by atoms with E-state index in [1.54, 1.807) is 18.2 Å². The molecule has 1 saturated heterocycles. The molecule has 0 spiro atoms. The first kappa shape index (κ1) is 24.7. The number of amides is 4. The van der Waals surface area contributed by atoms with Gasteiger partial charge in [0.05, 0.1) is 6.61 Å². The van der Waals surface area contributed by atoms with E-state index in [-0.39, 0.29) is 24.8 Å². The predicted molar refractivity (Wildman–Crippen MR) is 125 cm³/mol. The summed E-state index contributed by atoms with van der Waals surface area (Å²) in [5.41, 5.74) is 1.62. The first-order chi connectivity index (χ1) is 16.0. The summed E-state index contributed by atoms with van der Waals surface area (Å²) < 4.78 is 5.31. The Hall–Kier alpha value is -2.90.